The van der Waals surface area contributed by atoms with E-state index < -0.39 is 11.9 Å². The zero-order chi connectivity index (χ0) is 29.6. The Morgan fingerprint density at radius 3 is 1.98 bits per heavy atom. The Labute approximate surface area is 253 Å². The molecule has 0 fully saturated rings. The van der Waals surface area contributed by atoms with Crippen LogP contribution in [0.5, 0.6) is 0 Å². The Morgan fingerprint density at radius 1 is 0.833 bits per heavy atom. The molecule has 0 atom stereocenters. The van der Waals surface area contributed by atoms with Crippen molar-refractivity contribution in [1.29, 1.82) is 0 Å². The number of benzene rings is 4. The molecule has 0 aliphatic heterocycles. The van der Waals surface area contributed by atoms with Gasteiger partial charge in [-0.3, -0.25) is 0 Å². The minimum absolute atomic E-state index is 0.0342. The molecule has 1 aromatic heterocycles. The van der Waals surface area contributed by atoms with Gasteiger partial charge in [0.25, 0.3) is 0 Å². The number of methoxy groups -OCH3 is 1. The predicted octanol–water partition coefficient (Wildman–Crippen LogP) is 7.43. The first-order valence-electron chi connectivity index (χ1n) is 13.1. The molecule has 0 spiro atoms. The summed E-state index contributed by atoms with van der Waals surface area (Å²) >= 11 is 12.2. The Bertz CT molecular complexity index is 1680. The maximum atomic E-state index is 12.9. The summed E-state index contributed by atoms with van der Waals surface area (Å²) in [6.45, 7) is 4.63. The number of para-hydroxylation sites is 1. The fraction of sp³-hybridized carbons (Fsp3) is 0.121. The summed E-state index contributed by atoms with van der Waals surface area (Å²) in [5.41, 5.74) is 4.92. The molecule has 0 N–H and O–H groups in total. The van der Waals surface area contributed by atoms with Crippen molar-refractivity contribution in [2.75, 3.05) is 18.6 Å². The fourth-order valence-corrected chi connectivity index (χ4v) is 4.75. The van der Waals surface area contributed by atoms with E-state index in [4.69, 9.17) is 27.9 Å². The highest BCUT2D eigenvalue weighted by molar-refractivity contribution is 6.30. The van der Waals surface area contributed by atoms with Crippen LogP contribution in [0.15, 0.2) is 109 Å². The van der Waals surface area contributed by atoms with E-state index in [0.29, 0.717) is 28.5 Å². The Hall–Kier alpha value is -4.59. The number of nitrogens with zero attached hydrogens (tertiary/aromatic N) is 3. The fourth-order valence-electron chi connectivity index (χ4n) is 4.50. The van der Waals surface area contributed by atoms with E-state index in [0.717, 1.165) is 28.0 Å². The molecule has 1 heterocycles. The third kappa shape index (κ3) is 6.65. The lowest BCUT2D eigenvalue weighted by molar-refractivity contribution is -0.136. The van der Waals surface area contributed by atoms with Gasteiger partial charge in [0.15, 0.2) is 5.69 Å². The summed E-state index contributed by atoms with van der Waals surface area (Å²) in [4.78, 5) is 26.8. The van der Waals surface area contributed by atoms with E-state index in [1.54, 1.807) is 10.7 Å². The van der Waals surface area contributed by atoms with Crippen LogP contribution in [0, 0.1) is 0 Å². The van der Waals surface area contributed by atoms with Crippen molar-refractivity contribution >= 4 is 51.7 Å². The highest BCUT2D eigenvalue weighted by Crippen LogP contribution is 2.27. The average molecular weight is 601 g/mol. The van der Waals surface area contributed by atoms with Gasteiger partial charge in [-0.15, -0.1) is 0 Å². The van der Waals surface area contributed by atoms with E-state index in [9.17, 15) is 9.59 Å². The van der Waals surface area contributed by atoms with Crippen LogP contribution < -0.4 is 4.90 Å². The topological polar surface area (TPSA) is 73.7 Å². The Morgan fingerprint density at radius 2 is 1.40 bits per heavy atom. The van der Waals surface area contributed by atoms with Crippen molar-refractivity contribution in [2.24, 2.45) is 0 Å². The number of anilines is 1. The summed E-state index contributed by atoms with van der Waals surface area (Å²) in [5, 5.41) is 6.59. The van der Waals surface area contributed by atoms with Gasteiger partial charge in [0.2, 0.25) is 0 Å². The van der Waals surface area contributed by atoms with Crippen molar-refractivity contribution in [1.82, 2.24) is 9.78 Å². The van der Waals surface area contributed by atoms with E-state index in [1.165, 1.54) is 7.11 Å². The standard InChI is InChI=1S/C33H27Cl2N3O4/c1-22(32(39)41-2)21-42-33(40)31-29-5-3-4-6-30(29)38(36-31)28-17-15-27(16-18-28)37(19-23-7-11-25(34)12-8-23)20-24-9-13-26(35)14-10-24/h3-18H,1,19-21H2,2H3. The molecule has 212 valence electrons. The van der Waals surface area contributed by atoms with Crippen LogP contribution in [-0.4, -0.2) is 35.4 Å². The minimum Gasteiger partial charge on any atom is -0.466 e. The number of rotatable bonds is 10. The van der Waals surface area contributed by atoms with Gasteiger partial charge in [-0.25, -0.2) is 14.3 Å². The second kappa shape index (κ2) is 12.9. The van der Waals surface area contributed by atoms with Gasteiger partial charge < -0.3 is 14.4 Å². The summed E-state index contributed by atoms with van der Waals surface area (Å²) in [5.74, 6) is -1.30. The molecule has 0 radical (unpaired) electrons. The molecule has 0 amide bonds. The van der Waals surface area contributed by atoms with Crippen LogP contribution in [0.4, 0.5) is 5.69 Å². The molecule has 42 heavy (non-hydrogen) atoms. The van der Waals surface area contributed by atoms with Crippen molar-refractivity contribution in [3.63, 3.8) is 0 Å². The first-order valence-corrected chi connectivity index (χ1v) is 13.8. The Balaban J connectivity index is 1.43. The minimum atomic E-state index is -0.663. The van der Waals surface area contributed by atoms with E-state index >= 15 is 0 Å². The number of carbonyl (C=O) groups is 2. The number of carbonyl (C=O) groups excluding carboxylic acids is 2. The number of hydrogen-bond donors (Lipinski definition) is 0. The zero-order valence-corrected chi connectivity index (χ0v) is 24.3. The molecule has 0 saturated carbocycles. The van der Waals surface area contributed by atoms with Gasteiger partial charge in [0, 0.05) is 34.2 Å². The number of aromatic nitrogens is 2. The second-order valence-corrected chi connectivity index (χ2v) is 10.4. The summed E-state index contributed by atoms with van der Waals surface area (Å²) in [6.07, 6.45) is 0. The van der Waals surface area contributed by atoms with Crippen LogP contribution in [0.3, 0.4) is 0 Å². The molecule has 0 aliphatic rings. The van der Waals surface area contributed by atoms with Crippen molar-refractivity contribution in [3.8, 4) is 5.69 Å². The molecular formula is C33H27Cl2N3O4. The summed E-state index contributed by atoms with van der Waals surface area (Å²) in [6, 6.07) is 31.0. The van der Waals surface area contributed by atoms with Gasteiger partial charge in [-0.05, 0) is 65.7 Å². The van der Waals surface area contributed by atoms with Crippen LogP contribution in [0.1, 0.15) is 21.6 Å². The van der Waals surface area contributed by atoms with Gasteiger partial charge >= 0.3 is 11.9 Å². The first-order chi connectivity index (χ1) is 20.3. The molecular weight excluding hydrogens is 573 g/mol. The van der Waals surface area contributed by atoms with E-state index in [-0.39, 0.29) is 17.9 Å². The van der Waals surface area contributed by atoms with E-state index in [1.807, 2.05) is 91.0 Å². The van der Waals surface area contributed by atoms with Crippen molar-refractivity contribution < 1.29 is 19.1 Å². The highest BCUT2D eigenvalue weighted by Gasteiger charge is 2.21. The van der Waals surface area contributed by atoms with Crippen molar-refractivity contribution in [2.45, 2.75) is 13.1 Å². The molecule has 0 unspecified atom stereocenters. The van der Waals surface area contributed by atoms with Gasteiger partial charge in [-0.1, -0.05) is 72.2 Å². The number of fused-ring (bicyclic) bond motifs is 1. The number of esters is 2. The van der Waals surface area contributed by atoms with Gasteiger partial charge in [0.1, 0.15) is 6.61 Å². The van der Waals surface area contributed by atoms with E-state index in [2.05, 4.69) is 21.3 Å². The normalized spacial score (nSPS) is 10.8. The maximum absolute atomic E-state index is 12.9. The summed E-state index contributed by atoms with van der Waals surface area (Å²) < 4.78 is 11.6. The first kappa shape index (κ1) is 28.9. The average Bonchev–Trinajstić information content (AvgIpc) is 3.41. The molecule has 0 bridgehead atoms. The zero-order valence-electron chi connectivity index (χ0n) is 22.8. The molecule has 4 aromatic carbocycles. The lowest BCUT2D eigenvalue weighted by atomic mass is 10.1. The third-order valence-corrected chi connectivity index (χ3v) is 7.17. The maximum Gasteiger partial charge on any atom is 0.359 e. The smallest absolute Gasteiger partial charge is 0.359 e. The van der Waals surface area contributed by atoms with Gasteiger partial charge in [0.05, 0.1) is 23.9 Å². The second-order valence-electron chi connectivity index (χ2n) is 9.57. The number of hydrogen-bond acceptors (Lipinski definition) is 6. The van der Waals surface area contributed by atoms with Crippen LogP contribution in [0.2, 0.25) is 10.0 Å². The lowest BCUT2D eigenvalue weighted by Gasteiger charge is -2.26. The quantitative estimate of drug-likeness (QED) is 0.123. The molecule has 5 rings (SSSR count). The Kier molecular flexibility index (Phi) is 8.91. The van der Waals surface area contributed by atoms with Crippen molar-refractivity contribution in [3.05, 3.63) is 136 Å². The molecule has 7 nitrogen and oxygen atoms in total. The monoisotopic (exact) mass is 599 g/mol. The predicted molar refractivity (Wildman–Crippen MR) is 165 cm³/mol. The number of ether oxygens (including phenoxy) is 2. The molecule has 0 saturated heterocycles. The van der Waals surface area contributed by atoms with Crippen LogP contribution in [-0.2, 0) is 27.4 Å². The van der Waals surface area contributed by atoms with Crippen LogP contribution >= 0.6 is 23.2 Å². The number of halogens is 2. The highest BCUT2D eigenvalue weighted by atomic mass is 35.5. The largest absolute Gasteiger partial charge is 0.466 e. The molecule has 9 heteroatoms. The van der Waals surface area contributed by atoms with Crippen LogP contribution in [0.25, 0.3) is 16.6 Å². The molecule has 0 aliphatic carbocycles. The third-order valence-electron chi connectivity index (χ3n) is 6.67. The SMILES string of the molecule is C=C(COC(=O)c1nn(-c2ccc(N(Cc3ccc(Cl)cc3)Cc3ccc(Cl)cc3)cc2)c2ccccc12)C(=O)OC. The summed E-state index contributed by atoms with van der Waals surface area (Å²) in [7, 11) is 1.24. The lowest BCUT2D eigenvalue weighted by Crippen LogP contribution is -2.22. The van der Waals surface area contributed by atoms with Gasteiger partial charge in [-0.2, -0.15) is 5.10 Å². The molecule has 5 aromatic rings.